The number of esters is 1. The largest absolute Gasteiger partial charge is 0.462 e. The molecule has 5 nitrogen and oxygen atoms in total. The van der Waals surface area contributed by atoms with Crippen LogP contribution in [0.1, 0.15) is 36.2 Å². The first-order valence-electron chi connectivity index (χ1n) is 7.10. The van der Waals surface area contributed by atoms with Crippen LogP contribution < -0.4 is 11.2 Å². The van der Waals surface area contributed by atoms with Crippen molar-refractivity contribution in [2.75, 3.05) is 6.61 Å². The highest BCUT2D eigenvalue weighted by Crippen LogP contribution is 2.13. The van der Waals surface area contributed by atoms with Crippen LogP contribution in [0.15, 0.2) is 29.2 Å². The van der Waals surface area contributed by atoms with Crippen LogP contribution in [0.4, 0.5) is 0 Å². The summed E-state index contributed by atoms with van der Waals surface area (Å²) in [4.78, 5) is 27.1. The number of carbonyl (C=O) groups is 1. The van der Waals surface area contributed by atoms with Crippen molar-refractivity contribution in [2.24, 2.45) is 5.73 Å². The molecule has 1 aromatic carbocycles. The number of aromatic nitrogens is 1. The van der Waals surface area contributed by atoms with Crippen LogP contribution in [0.3, 0.4) is 0 Å². The maximum Gasteiger partial charge on any atom is 0.343 e. The Morgan fingerprint density at radius 3 is 2.86 bits per heavy atom. The van der Waals surface area contributed by atoms with E-state index in [1.165, 1.54) is 6.20 Å². The number of rotatable bonds is 5. The average Bonchev–Trinajstić information content (AvgIpc) is 2.46. The van der Waals surface area contributed by atoms with E-state index in [9.17, 15) is 9.59 Å². The van der Waals surface area contributed by atoms with Crippen molar-refractivity contribution in [3.63, 3.8) is 0 Å². The molecule has 1 atom stereocenters. The minimum atomic E-state index is -0.596. The lowest BCUT2D eigenvalue weighted by atomic mass is 10.0. The third-order valence-corrected chi connectivity index (χ3v) is 3.33. The number of H-pyrrole nitrogens is 1. The summed E-state index contributed by atoms with van der Waals surface area (Å²) in [6.45, 7) is 3.90. The predicted molar refractivity (Wildman–Crippen MR) is 82.5 cm³/mol. The summed E-state index contributed by atoms with van der Waals surface area (Å²) in [5.74, 6) is -0.596. The van der Waals surface area contributed by atoms with Gasteiger partial charge in [-0.2, -0.15) is 0 Å². The van der Waals surface area contributed by atoms with Gasteiger partial charge in [-0.3, -0.25) is 4.79 Å². The Bertz CT molecular complexity index is 704. The van der Waals surface area contributed by atoms with Gasteiger partial charge in [-0.1, -0.05) is 6.07 Å². The minimum absolute atomic E-state index is 0.0358. The van der Waals surface area contributed by atoms with Gasteiger partial charge in [0.25, 0.3) is 0 Å². The van der Waals surface area contributed by atoms with Gasteiger partial charge in [0.2, 0.25) is 5.43 Å². The maximum atomic E-state index is 12.4. The van der Waals surface area contributed by atoms with Gasteiger partial charge < -0.3 is 15.5 Å². The molecule has 0 amide bonds. The third kappa shape index (κ3) is 3.49. The molecule has 1 heterocycles. The standard InChI is InChI=1S/C16H20N2O3/c1-3-21-16(20)13-9-18-14-7-6-11(5-4-10(2)17)8-12(14)15(13)19/h6-10H,3-5,17H2,1-2H3,(H,18,19)/t10-/m0/s1. The maximum absolute atomic E-state index is 12.4. The van der Waals surface area contributed by atoms with Gasteiger partial charge in [-0.15, -0.1) is 0 Å². The lowest BCUT2D eigenvalue weighted by molar-refractivity contribution is 0.0524. The van der Waals surface area contributed by atoms with Crippen LogP contribution in [0.25, 0.3) is 10.9 Å². The highest BCUT2D eigenvalue weighted by Gasteiger charge is 2.14. The molecule has 5 heteroatoms. The Labute approximate surface area is 123 Å². The lowest BCUT2D eigenvalue weighted by Gasteiger charge is -2.07. The highest BCUT2D eigenvalue weighted by molar-refractivity contribution is 5.93. The summed E-state index contributed by atoms with van der Waals surface area (Å²) in [7, 11) is 0. The zero-order chi connectivity index (χ0) is 15.4. The Balaban J connectivity index is 2.42. The number of carbonyl (C=O) groups excluding carboxylic acids is 1. The number of aryl methyl sites for hydroxylation is 1. The normalized spacial score (nSPS) is 12.3. The monoisotopic (exact) mass is 288 g/mol. The van der Waals surface area contributed by atoms with Crippen LogP contribution in [-0.4, -0.2) is 23.6 Å². The first-order valence-corrected chi connectivity index (χ1v) is 7.10. The van der Waals surface area contributed by atoms with Crippen LogP contribution >= 0.6 is 0 Å². The first kappa shape index (κ1) is 15.3. The Hall–Kier alpha value is -2.14. The number of hydrogen-bond acceptors (Lipinski definition) is 4. The number of nitrogens with two attached hydrogens (primary N) is 1. The number of fused-ring (bicyclic) bond motifs is 1. The number of nitrogens with one attached hydrogen (secondary N) is 1. The van der Waals surface area contributed by atoms with Crippen LogP contribution in [-0.2, 0) is 11.2 Å². The first-order chi connectivity index (χ1) is 10.0. The average molecular weight is 288 g/mol. The molecule has 0 bridgehead atoms. The second kappa shape index (κ2) is 6.54. The van der Waals surface area contributed by atoms with Gasteiger partial charge in [0.15, 0.2) is 0 Å². The number of pyridine rings is 1. The summed E-state index contributed by atoms with van der Waals surface area (Å²) in [5, 5.41) is 0.503. The SMILES string of the molecule is CCOC(=O)c1c[nH]c2ccc(CC[C@H](C)N)cc2c1=O. The van der Waals surface area contributed by atoms with E-state index in [4.69, 9.17) is 10.5 Å². The number of aromatic amines is 1. The molecule has 0 aliphatic heterocycles. The van der Waals surface area contributed by atoms with Crippen molar-refractivity contribution >= 4 is 16.9 Å². The minimum Gasteiger partial charge on any atom is -0.462 e. The molecule has 0 unspecified atom stereocenters. The molecule has 3 N–H and O–H groups in total. The van der Waals surface area contributed by atoms with Crippen molar-refractivity contribution in [3.05, 3.63) is 45.7 Å². The lowest BCUT2D eigenvalue weighted by Crippen LogP contribution is -2.18. The second-order valence-corrected chi connectivity index (χ2v) is 5.15. The van der Waals surface area contributed by atoms with Gasteiger partial charge in [0.1, 0.15) is 5.56 Å². The second-order valence-electron chi connectivity index (χ2n) is 5.15. The smallest absolute Gasteiger partial charge is 0.343 e. The molecule has 0 fully saturated rings. The predicted octanol–water partition coefficient (Wildman–Crippen LogP) is 1.98. The molecule has 0 radical (unpaired) electrons. The fraction of sp³-hybridized carbons (Fsp3) is 0.375. The van der Waals surface area contributed by atoms with Gasteiger partial charge in [0, 0.05) is 23.1 Å². The molecular weight excluding hydrogens is 268 g/mol. The van der Waals surface area contributed by atoms with Crippen LogP contribution in [0, 0.1) is 0 Å². The van der Waals surface area contributed by atoms with Gasteiger partial charge >= 0.3 is 5.97 Å². The molecule has 0 spiro atoms. The van der Waals surface area contributed by atoms with Gasteiger partial charge in [0.05, 0.1) is 6.61 Å². The summed E-state index contributed by atoms with van der Waals surface area (Å²) in [6, 6.07) is 5.75. The van der Waals surface area contributed by atoms with E-state index in [1.807, 2.05) is 25.1 Å². The van der Waals surface area contributed by atoms with Crippen LogP contribution in [0.5, 0.6) is 0 Å². The molecule has 0 aliphatic carbocycles. The summed E-state index contributed by atoms with van der Waals surface area (Å²) < 4.78 is 4.89. The van der Waals surface area contributed by atoms with E-state index >= 15 is 0 Å². The summed E-state index contributed by atoms with van der Waals surface area (Å²) in [5.41, 5.74) is 7.23. The fourth-order valence-corrected chi connectivity index (χ4v) is 2.18. The third-order valence-electron chi connectivity index (χ3n) is 3.33. The molecule has 0 saturated heterocycles. The Kier molecular flexibility index (Phi) is 4.75. The van der Waals surface area contributed by atoms with Crippen molar-refractivity contribution in [1.82, 2.24) is 4.98 Å². The van der Waals surface area contributed by atoms with Crippen molar-refractivity contribution in [3.8, 4) is 0 Å². The van der Waals surface area contributed by atoms with Gasteiger partial charge in [-0.05, 0) is 44.4 Å². The highest BCUT2D eigenvalue weighted by atomic mass is 16.5. The van der Waals surface area contributed by atoms with E-state index in [1.54, 1.807) is 6.92 Å². The van der Waals surface area contributed by atoms with E-state index in [-0.39, 0.29) is 23.6 Å². The van der Waals surface area contributed by atoms with E-state index < -0.39 is 5.97 Å². The fourth-order valence-electron chi connectivity index (χ4n) is 2.18. The molecular formula is C16H20N2O3. The van der Waals surface area contributed by atoms with E-state index in [0.29, 0.717) is 10.9 Å². The molecule has 0 aliphatic rings. The Morgan fingerprint density at radius 2 is 2.19 bits per heavy atom. The zero-order valence-electron chi connectivity index (χ0n) is 12.3. The van der Waals surface area contributed by atoms with Crippen molar-refractivity contribution < 1.29 is 9.53 Å². The number of benzene rings is 1. The molecule has 112 valence electrons. The molecule has 2 aromatic rings. The number of ether oxygens (including phenoxy) is 1. The number of hydrogen-bond donors (Lipinski definition) is 2. The zero-order valence-corrected chi connectivity index (χ0v) is 12.3. The molecule has 2 rings (SSSR count). The van der Waals surface area contributed by atoms with E-state index in [2.05, 4.69) is 4.98 Å². The summed E-state index contributed by atoms with van der Waals surface area (Å²) >= 11 is 0. The molecule has 21 heavy (non-hydrogen) atoms. The van der Waals surface area contributed by atoms with Crippen molar-refractivity contribution in [2.45, 2.75) is 32.7 Å². The summed E-state index contributed by atoms with van der Waals surface area (Å²) in [6.07, 6.45) is 3.06. The quantitative estimate of drug-likeness (QED) is 0.824. The topological polar surface area (TPSA) is 85.2 Å². The van der Waals surface area contributed by atoms with Crippen molar-refractivity contribution in [1.29, 1.82) is 0 Å². The van der Waals surface area contributed by atoms with Crippen LogP contribution in [0.2, 0.25) is 0 Å². The molecule has 1 aromatic heterocycles. The molecule has 0 saturated carbocycles. The Morgan fingerprint density at radius 1 is 1.43 bits per heavy atom. The van der Waals surface area contributed by atoms with Gasteiger partial charge in [-0.25, -0.2) is 4.79 Å². The van der Waals surface area contributed by atoms with E-state index in [0.717, 1.165) is 18.4 Å².